The van der Waals surface area contributed by atoms with Crippen LogP contribution in [0.5, 0.6) is 5.75 Å². The zero-order chi connectivity index (χ0) is 17.3. The third-order valence-electron chi connectivity index (χ3n) is 3.54. The summed E-state index contributed by atoms with van der Waals surface area (Å²) < 4.78 is 20.2. The fourth-order valence-electron chi connectivity index (χ4n) is 2.33. The van der Waals surface area contributed by atoms with Crippen LogP contribution in [0.4, 0.5) is 11.4 Å². The van der Waals surface area contributed by atoms with Gasteiger partial charge < -0.3 is 20.7 Å². The lowest BCUT2D eigenvalue weighted by atomic mass is 10.1. The van der Waals surface area contributed by atoms with Gasteiger partial charge >= 0.3 is 0 Å². The number of anilines is 2. The van der Waals surface area contributed by atoms with Crippen LogP contribution >= 0.6 is 0 Å². The van der Waals surface area contributed by atoms with Gasteiger partial charge in [-0.25, -0.2) is 4.21 Å². The van der Waals surface area contributed by atoms with E-state index in [2.05, 4.69) is 5.32 Å². The molecule has 0 radical (unpaired) electrons. The quantitative estimate of drug-likeness (QED) is 0.432. The van der Waals surface area contributed by atoms with Crippen LogP contribution in [0.3, 0.4) is 0 Å². The molecule has 3 rings (SSSR count). The lowest BCUT2D eigenvalue weighted by molar-refractivity contribution is 0.102. The number of aromatic hydroxyl groups is 1. The number of phenols is 1. The lowest BCUT2D eigenvalue weighted by Crippen LogP contribution is -2.11. The highest BCUT2D eigenvalue weighted by Gasteiger charge is 2.10. The van der Waals surface area contributed by atoms with Crippen LogP contribution in [-0.4, -0.2) is 19.8 Å². The van der Waals surface area contributed by atoms with E-state index in [1.54, 1.807) is 42.5 Å². The molecule has 0 aromatic heterocycles. The zero-order valence-electron chi connectivity index (χ0n) is 12.4. The maximum absolute atomic E-state index is 12.2. The first-order chi connectivity index (χ1) is 11.4. The minimum Gasteiger partial charge on any atom is -0.507 e. The van der Waals surface area contributed by atoms with Crippen LogP contribution in [-0.2, 0) is 11.1 Å². The molecular formula is C17H14N2O4S. The molecule has 0 spiro atoms. The molecule has 1 amide bonds. The smallest absolute Gasteiger partial charge is 0.255 e. The standard InChI is InChI=1S/C17H14N2O4S/c18-12-4-1-10(2-5-12)17(21)19-13-6-3-11-7-14(24(22)23)9-16(20)15(11)8-13/h1-9,20H,18H2,(H,19,21)(H,22,23). The Hall–Kier alpha value is -2.90. The average molecular weight is 342 g/mol. The average Bonchev–Trinajstić information content (AvgIpc) is 2.55. The third kappa shape index (κ3) is 3.22. The fourth-order valence-corrected chi connectivity index (χ4v) is 2.77. The second kappa shape index (κ2) is 6.31. The van der Waals surface area contributed by atoms with Crippen LogP contribution in [0.15, 0.2) is 59.5 Å². The van der Waals surface area contributed by atoms with Gasteiger partial charge in [-0.15, -0.1) is 0 Å². The number of hydrogen-bond donors (Lipinski definition) is 4. The highest BCUT2D eigenvalue weighted by Crippen LogP contribution is 2.30. The van der Waals surface area contributed by atoms with Crippen molar-refractivity contribution in [3.63, 3.8) is 0 Å². The van der Waals surface area contributed by atoms with E-state index in [1.165, 1.54) is 12.1 Å². The molecule has 122 valence electrons. The molecule has 0 saturated carbocycles. The Labute approximate surface area is 140 Å². The van der Waals surface area contributed by atoms with Gasteiger partial charge in [0, 0.05) is 22.3 Å². The van der Waals surface area contributed by atoms with Gasteiger partial charge in [0.1, 0.15) is 5.75 Å². The summed E-state index contributed by atoms with van der Waals surface area (Å²) in [6, 6.07) is 14.2. The number of nitrogen functional groups attached to an aromatic ring is 1. The van der Waals surface area contributed by atoms with Crippen LogP contribution in [0, 0.1) is 0 Å². The molecule has 0 fully saturated rings. The Balaban J connectivity index is 1.92. The van der Waals surface area contributed by atoms with Crippen molar-refractivity contribution in [2.75, 3.05) is 11.1 Å². The van der Waals surface area contributed by atoms with Crippen molar-refractivity contribution in [2.45, 2.75) is 4.90 Å². The molecule has 1 atom stereocenters. The predicted molar refractivity (Wildman–Crippen MR) is 93.5 cm³/mol. The molecule has 1 unspecified atom stereocenters. The summed E-state index contributed by atoms with van der Waals surface area (Å²) in [5.41, 5.74) is 7.12. The van der Waals surface area contributed by atoms with E-state index in [1.807, 2.05) is 0 Å². The Kier molecular flexibility index (Phi) is 4.20. The molecule has 0 aliphatic carbocycles. The Bertz CT molecular complexity index is 955. The first-order valence-corrected chi connectivity index (χ1v) is 8.09. The van der Waals surface area contributed by atoms with Gasteiger partial charge in [-0.1, -0.05) is 6.07 Å². The minimum absolute atomic E-state index is 0.110. The number of hydrogen-bond acceptors (Lipinski definition) is 4. The van der Waals surface area contributed by atoms with Crippen molar-refractivity contribution in [3.8, 4) is 5.75 Å². The Morgan fingerprint density at radius 3 is 2.42 bits per heavy atom. The molecule has 7 heteroatoms. The molecular weight excluding hydrogens is 328 g/mol. The second-order valence-electron chi connectivity index (χ2n) is 5.20. The van der Waals surface area contributed by atoms with E-state index in [4.69, 9.17) is 10.3 Å². The van der Waals surface area contributed by atoms with Crippen molar-refractivity contribution in [2.24, 2.45) is 0 Å². The maximum atomic E-state index is 12.2. The summed E-state index contributed by atoms with van der Waals surface area (Å²) >= 11 is -2.18. The molecule has 5 N–H and O–H groups in total. The van der Waals surface area contributed by atoms with Crippen molar-refractivity contribution in [3.05, 3.63) is 60.2 Å². The number of carbonyl (C=O) groups is 1. The molecule has 3 aromatic carbocycles. The van der Waals surface area contributed by atoms with E-state index >= 15 is 0 Å². The normalized spacial score (nSPS) is 12.0. The summed E-state index contributed by atoms with van der Waals surface area (Å²) in [5, 5.41) is 13.8. The highest BCUT2D eigenvalue weighted by atomic mass is 32.2. The number of carbonyl (C=O) groups excluding carboxylic acids is 1. The van der Waals surface area contributed by atoms with Crippen molar-refractivity contribution in [1.82, 2.24) is 0 Å². The van der Waals surface area contributed by atoms with Crippen molar-refractivity contribution in [1.29, 1.82) is 0 Å². The molecule has 3 aromatic rings. The zero-order valence-corrected chi connectivity index (χ0v) is 13.2. The maximum Gasteiger partial charge on any atom is 0.255 e. The summed E-state index contributed by atoms with van der Waals surface area (Å²) in [4.78, 5) is 12.3. The van der Waals surface area contributed by atoms with E-state index in [-0.39, 0.29) is 16.6 Å². The van der Waals surface area contributed by atoms with Gasteiger partial charge in [0.05, 0.1) is 4.90 Å². The van der Waals surface area contributed by atoms with Crippen molar-refractivity contribution < 1.29 is 18.7 Å². The number of benzene rings is 3. The van der Waals surface area contributed by atoms with E-state index in [0.29, 0.717) is 27.7 Å². The number of fused-ring (bicyclic) bond motifs is 1. The Morgan fingerprint density at radius 1 is 1.04 bits per heavy atom. The molecule has 0 saturated heterocycles. The second-order valence-corrected chi connectivity index (χ2v) is 6.17. The van der Waals surface area contributed by atoms with Crippen LogP contribution < -0.4 is 11.1 Å². The minimum atomic E-state index is -2.18. The lowest BCUT2D eigenvalue weighted by Gasteiger charge is -2.09. The summed E-state index contributed by atoms with van der Waals surface area (Å²) in [6.07, 6.45) is 0. The molecule has 0 bridgehead atoms. The van der Waals surface area contributed by atoms with Gasteiger partial charge in [-0.2, -0.15) is 0 Å². The number of rotatable bonds is 3. The topological polar surface area (TPSA) is 113 Å². The van der Waals surface area contributed by atoms with E-state index in [0.717, 1.165) is 0 Å². The molecule has 0 aliphatic heterocycles. The SMILES string of the molecule is Nc1ccc(C(=O)Nc2ccc3cc(S(=O)O)cc(O)c3c2)cc1. The summed E-state index contributed by atoms with van der Waals surface area (Å²) in [6.45, 7) is 0. The summed E-state index contributed by atoms with van der Waals surface area (Å²) in [5.74, 6) is -0.435. The van der Waals surface area contributed by atoms with E-state index in [9.17, 15) is 14.1 Å². The van der Waals surface area contributed by atoms with Gasteiger partial charge in [-0.05, 0) is 53.9 Å². The number of nitrogens with one attached hydrogen (secondary N) is 1. The van der Waals surface area contributed by atoms with Gasteiger partial charge in [0.25, 0.3) is 5.91 Å². The van der Waals surface area contributed by atoms with Crippen molar-refractivity contribution >= 4 is 39.1 Å². The number of nitrogens with two attached hydrogens (primary N) is 1. The molecule has 24 heavy (non-hydrogen) atoms. The summed E-state index contributed by atoms with van der Waals surface area (Å²) in [7, 11) is 0. The van der Waals surface area contributed by atoms with Gasteiger partial charge in [0.2, 0.25) is 0 Å². The van der Waals surface area contributed by atoms with Gasteiger partial charge in [0.15, 0.2) is 11.1 Å². The fraction of sp³-hybridized carbons (Fsp3) is 0. The predicted octanol–water partition coefficient (Wildman–Crippen LogP) is 2.96. The van der Waals surface area contributed by atoms with Crippen LogP contribution in [0.1, 0.15) is 10.4 Å². The molecule has 0 heterocycles. The number of amides is 1. The Morgan fingerprint density at radius 2 is 1.75 bits per heavy atom. The largest absolute Gasteiger partial charge is 0.507 e. The molecule has 0 aliphatic rings. The van der Waals surface area contributed by atoms with E-state index < -0.39 is 11.1 Å². The van der Waals surface area contributed by atoms with Crippen LogP contribution in [0.2, 0.25) is 0 Å². The first-order valence-electron chi connectivity index (χ1n) is 6.98. The molecule has 6 nitrogen and oxygen atoms in total. The monoisotopic (exact) mass is 342 g/mol. The van der Waals surface area contributed by atoms with Gasteiger partial charge in [-0.3, -0.25) is 4.79 Å². The van der Waals surface area contributed by atoms with Crippen LogP contribution in [0.25, 0.3) is 10.8 Å². The highest BCUT2D eigenvalue weighted by molar-refractivity contribution is 7.79. The first kappa shape index (κ1) is 16.0. The third-order valence-corrected chi connectivity index (χ3v) is 4.18. The number of phenolic OH excluding ortho intramolecular Hbond substituents is 1.